The van der Waals surface area contributed by atoms with Gasteiger partial charge in [-0.3, -0.25) is 4.79 Å². The van der Waals surface area contributed by atoms with Gasteiger partial charge in [0.25, 0.3) is 0 Å². The van der Waals surface area contributed by atoms with Crippen LogP contribution in [0.15, 0.2) is 35.4 Å². The second-order valence-electron chi connectivity index (χ2n) is 6.25. The topological polar surface area (TPSA) is 65.8 Å². The lowest BCUT2D eigenvalue weighted by atomic mass is 9.87. The van der Waals surface area contributed by atoms with Crippen LogP contribution in [0.5, 0.6) is 0 Å². The highest BCUT2D eigenvalue weighted by Gasteiger charge is 2.19. The Hall–Kier alpha value is -2.03. The number of anilines is 1. The minimum absolute atomic E-state index is 0.149. The van der Waals surface area contributed by atoms with E-state index in [9.17, 15) is 10.1 Å². The van der Waals surface area contributed by atoms with Gasteiger partial charge in [-0.1, -0.05) is 36.4 Å². The second kappa shape index (κ2) is 7.90. The van der Waals surface area contributed by atoms with Crippen molar-refractivity contribution < 1.29 is 4.79 Å². The highest BCUT2D eigenvalue weighted by Crippen LogP contribution is 2.29. The van der Waals surface area contributed by atoms with Crippen LogP contribution >= 0.6 is 23.4 Å². The summed E-state index contributed by atoms with van der Waals surface area (Å²) in [5.41, 5.74) is 3.44. The molecule has 1 atom stereocenters. The number of aryl methyl sites for hydroxylation is 1. The van der Waals surface area contributed by atoms with Crippen molar-refractivity contribution in [3.63, 3.8) is 0 Å². The van der Waals surface area contributed by atoms with Crippen molar-refractivity contribution in [2.24, 2.45) is 5.92 Å². The van der Waals surface area contributed by atoms with Crippen LogP contribution in [0.4, 0.5) is 5.69 Å². The zero-order valence-corrected chi connectivity index (χ0v) is 15.5. The number of pyridine rings is 1. The molecule has 1 N–H and O–H groups in total. The Morgan fingerprint density at radius 1 is 1.48 bits per heavy atom. The first-order valence-corrected chi connectivity index (χ1v) is 9.52. The fraction of sp³-hybridized carbons (Fsp3) is 0.316. The number of fused-ring (bicyclic) bond motifs is 1. The van der Waals surface area contributed by atoms with E-state index in [0.29, 0.717) is 27.2 Å². The number of nitrogens with zero attached hydrogens (tertiary/aromatic N) is 2. The number of aromatic nitrogens is 1. The maximum atomic E-state index is 12.1. The molecule has 0 fully saturated rings. The van der Waals surface area contributed by atoms with Crippen molar-refractivity contribution in [3.8, 4) is 6.07 Å². The van der Waals surface area contributed by atoms with Crippen molar-refractivity contribution in [3.05, 3.63) is 52.2 Å². The van der Waals surface area contributed by atoms with Crippen molar-refractivity contribution in [2.45, 2.75) is 31.2 Å². The van der Waals surface area contributed by atoms with Crippen LogP contribution in [-0.4, -0.2) is 16.6 Å². The van der Waals surface area contributed by atoms with E-state index in [-0.39, 0.29) is 11.7 Å². The minimum Gasteiger partial charge on any atom is -0.325 e. The minimum atomic E-state index is -0.149. The number of amides is 1. The maximum Gasteiger partial charge on any atom is 0.234 e. The molecule has 2 aromatic rings. The molecule has 1 amide bonds. The molecule has 6 heteroatoms. The summed E-state index contributed by atoms with van der Waals surface area (Å²) in [5, 5.41) is 13.4. The van der Waals surface area contributed by atoms with E-state index < -0.39 is 0 Å². The molecule has 3 rings (SSSR count). The summed E-state index contributed by atoms with van der Waals surface area (Å²) in [6.45, 7) is 2.22. The number of nitriles is 1. The molecule has 128 valence electrons. The first-order chi connectivity index (χ1) is 12.0. The number of hydrogen-bond donors (Lipinski definition) is 1. The van der Waals surface area contributed by atoms with Crippen molar-refractivity contribution >= 4 is 35.0 Å². The average Bonchev–Trinajstić information content (AvgIpc) is 2.59. The van der Waals surface area contributed by atoms with Crippen LogP contribution in [0.2, 0.25) is 5.02 Å². The molecule has 4 nitrogen and oxygen atoms in total. The summed E-state index contributed by atoms with van der Waals surface area (Å²) in [6.07, 6.45) is 3.02. The Bertz CT molecular complexity index is 847. The molecule has 1 unspecified atom stereocenters. The van der Waals surface area contributed by atoms with Gasteiger partial charge in [0.1, 0.15) is 11.1 Å². The summed E-state index contributed by atoms with van der Waals surface area (Å²) in [7, 11) is 0. The molecule has 25 heavy (non-hydrogen) atoms. The van der Waals surface area contributed by atoms with Gasteiger partial charge < -0.3 is 5.32 Å². The Morgan fingerprint density at radius 2 is 2.32 bits per heavy atom. The van der Waals surface area contributed by atoms with E-state index in [2.05, 4.69) is 23.3 Å². The van der Waals surface area contributed by atoms with E-state index in [1.807, 2.05) is 6.07 Å². The SMILES string of the molecule is CC1CCc2nc(SCC(=O)Nc3cccc(Cl)c3)c(C#N)cc2C1. The summed E-state index contributed by atoms with van der Waals surface area (Å²) in [4.78, 5) is 16.8. The molecule has 0 saturated heterocycles. The molecule has 0 aliphatic heterocycles. The average molecular weight is 372 g/mol. The summed E-state index contributed by atoms with van der Waals surface area (Å²) in [5.74, 6) is 0.677. The summed E-state index contributed by atoms with van der Waals surface area (Å²) < 4.78 is 0. The Labute approximate surface area is 156 Å². The van der Waals surface area contributed by atoms with E-state index in [0.717, 1.165) is 25.0 Å². The lowest BCUT2D eigenvalue weighted by molar-refractivity contribution is -0.113. The van der Waals surface area contributed by atoms with E-state index in [4.69, 9.17) is 11.6 Å². The lowest BCUT2D eigenvalue weighted by Crippen LogP contribution is -2.16. The molecule has 0 bridgehead atoms. The van der Waals surface area contributed by atoms with Gasteiger partial charge in [0.2, 0.25) is 5.91 Å². The molecule has 1 heterocycles. The predicted octanol–water partition coefficient (Wildman–Crippen LogP) is 4.46. The Morgan fingerprint density at radius 3 is 3.08 bits per heavy atom. The molecule has 0 saturated carbocycles. The van der Waals surface area contributed by atoms with Gasteiger partial charge in [0, 0.05) is 16.4 Å². The highest BCUT2D eigenvalue weighted by molar-refractivity contribution is 8.00. The molecule has 1 aromatic carbocycles. The Balaban J connectivity index is 1.68. The standard InChI is InChI=1S/C19H18ClN3OS/c1-12-5-6-17-13(7-12)8-14(10-21)19(23-17)25-11-18(24)22-16-4-2-3-15(20)9-16/h2-4,8-9,12H,5-7,11H2,1H3,(H,22,24). The van der Waals surface area contributed by atoms with Crippen LogP contribution in [0, 0.1) is 17.2 Å². The second-order valence-corrected chi connectivity index (χ2v) is 7.65. The maximum absolute atomic E-state index is 12.1. The van der Waals surface area contributed by atoms with Crippen LogP contribution < -0.4 is 5.32 Å². The van der Waals surface area contributed by atoms with E-state index >= 15 is 0 Å². The number of halogens is 1. The quantitative estimate of drug-likeness (QED) is 0.805. The molecule has 1 aromatic heterocycles. The van der Waals surface area contributed by atoms with Gasteiger partial charge in [-0.05, 0) is 55.0 Å². The van der Waals surface area contributed by atoms with Gasteiger partial charge >= 0.3 is 0 Å². The van der Waals surface area contributed by atoms with Crippen LogP contribution in [-0.2, 0) is 17.6 Å². The van der Waals surface area contributed by atoms with Crippen LogP contribution in [0.25, 0.3) is 0 Å². The van der Waals surface area contributed by atoms with Gasteiger partial charge in [0.05, 0.1) is 11.3 Å². The lowest BCUT2D eigenvalue weighted by Gasteiger charge is -2.21. The number of carbonyl (C=O) groups is 1. The van der Waals surface area contributed by atoms with Crippen LogP contribution in [0.1, 0.15) is 30.2 Å². The normalized spacial score (nSPS) is 16.0. The van der Waals surface area contributed by atoms with Crippen LogP contribution in [0.3, 0.4) is 0 Å². The molecule has 0 spiro atoms. The fourth-order valence-corrected chi connectivity index (χ4v) is 3.88. The molecule has 1 aliphatic carbocycles. The van der Waals surface area contributed by atoms with Gasteiger partial charge in [-0.15, -0.1) is 0 Å². The van der Waals surface area contributed by atoms with Gasteiger partial charge in [-0.25, -0.2) is 4.98 Å². The first kappa shape index (κ1) is 17.8. The fourth-order valence-electron chi connectivity index (χ4n) is 2.92. The number of hydrogen-bond acceptors (Lipinski definition) is 4. The molecule has 1 aliphatic rings. The van der Waals surface area contributed by atoms with Crippen molar-refractivity contribution in [1.82, 2.24) is 4.98 Å². The zero-order chi connectivity index (χ0) is 17.8. The first-order valence-electron chi connectivity index (χ1n) is 8.16. The molecular weight excluding hydrogens is 354 g/mol. The summed E-state index contributed by atoms with van der Waals surface area (Å²) >= 11 is 7.21. The van der Waals surface area contributed by atoms with Gasteiger partial charge in [-0.2, -0.15) is 5.26 Å². The Kier molecular flexibility index (Phi) is 5.62. The van der Waals surface area contributed by atoms with Crippen molar-refractivity contribution in [2.75, 3.05) is 11.1 Å². The van der Waals surface area contributed by atoms with E-state index in [1.54, 1.807) is 24.3 Å². The van der Waals surface area contributed by atoms with E-state index in [1.165, 1.54) is 17.3 Å². The monoisotopic (exact) mass is 371 g/mol. The highest BCUT2D eigenvalue weighted by atomic mass is 35.5. The largest absolute Gasteiger partial charge is 0.325 e. The molecular formula is C19H18ClN3OS. The third-order valence-electron chi connectivity index (χ3n) is 4.17. The molecule has 0 radical (unpaired) electrons. The third-order valence-corrected chi connectivity index (χ3v) is 5.39. The number of thioether (sulfide) groups is 1. The number of nitrogens with one attached hydrogen (secondary N) is 1. The number of carbonyl (C=O) groups excluding carboxylic acids is 1. The predicted molar refractivity (Wildman–Crippen MR) is 101 cm³/mol. The zero-order valence-electron chi connectivity index (χ0n) is 13.9. The smallest absolute Gasteiger partial charge is 0.234 e. The van der Waals surface area contributed by atoms with Crippen molar-refractivity contribution in [1.29, 1.82) is 5.26 Å². The summed E-state index contributed by atoms with van der Waals surface area (Å²) in [6, 6.07) is 11.2. The number of rotatable bonds is 4. The number of benzene rings is 1. The van der Waals surface area contributed by atoms with Gasteiger partial charge in [0.15, 0.2) is 0 Å². The third kappa shape index (κ3) is 4.53.